The monoisotopic (exact) mass is 238 g/mol. The summed E-state index contributed by atoms with van der Waals surface area (Å²) in [6.07, 6.45) is 1.23. The van der Waals surface area contributed by atoms with Crippen molar-refractivity contribution >= 4 is 17.6 Å². The zero-order chi connectivity index (χ0) is 12.1. The fourth-order valence-electron chi connectivity index (χ4n) is 1.52. The summed E-state index contributed by atoms with van der Waals surface area (Å²) in [5, 5.41) is 9.69. The minimum atomic E-state index is -0.859. The van der Waals surface area contributed by atoms with E-state index in [4.69, 9.17) is 11.6 Å². The van der Waals surface area contributed by atoms with Crippen molar-refractivity contribution in [2.24, 2.45) is 0 Å². The van der Waals surface area contributed by atoms with Crippen LogP contribution in [0.15, 0.2) is 36.4 Å². The summed E-state index contributed by atoms with van der Waals surface area (Å²) in [5.74, 6) is -1.45. The van der Waals surface area contributed by atoms with E-state index in [9.17, 15) is 9.90 Å². The van der Waals surface area contributed by atoms with Gasteiger partial charge < -0.3 is 5.11 Å². The standard InChI is InChI=1S/C13H15ClO2/c1-3-9(2)8-11(13(15)16)10-6-4-5-7-12(10)14/h4-7,11H,2-3,8H2,1H3,(H,15,16). The Labute approximate surface area is 101 Å². The third kappa shape index (κ3) is 3.11. The molecular formula is C13H15ClO2. The van der Waals surface area contributed by atoms with Gasteiger partial charge in [-0.1, -0.05) is 48.9 Å². The van der Waals surface area contributed by atoms with Crippen molar-refractivity contribution in [3.63, 3.8) is 0 Å². The average Bonchev–Trinajstić information content (AvgIpc) is 2.26. The molecule has 1 atom stereocenters. The molecule has 3 heteroatoms. The molecule has 0 saturated carbocycles. The van der Waals surface area contributed by atoms with E-state index in [-0.39, 0.29) is 0 Å². The maximum absolute atomic E-state index is 11.2. The van der Waals surface area contributed by atoms with Crippen molar-refractivity contribution in [1.29, 1.82) is 0 Å². The first kappa shape index (κ1) is 12.8. The summed E-state index contributed by atoms with van der Waals surface area (Å²) >= 11 is 6.00. The molecule has 1 N–H and O–H groups in total. The minimum absolute atomic E-state index is 0.440. The van der Waals surface area contributed by atoms with Crippen LogP contribution in [0.25, 0.3) is 0 Å². The van der Waals surface area contributed by atoms with Crippen LogP contribution >= 0.6 is 11.6 Å². The van der Waals surface area contributed by atoms with Crippen molar-refractivity contribution in [1.82, 2.24) is 0 Å². The first-order chi connectivity index (χ1) is 7.56. The predicted molar refractivity (Wildman–Crippen MR) is 65.9 cm³/mol. The molecule has 0 aliphatic heterocycles. The van der Waals surface area contributed by atoms with Crippen LogP contribution < -0.4 is 0 Å². The van der Waals surface area contributed by atoms with Gasteiger partial charge in [-0.05, 0) is 24.5 Å². The Morgan fingerprint density at radius 1 is 1.50 bits per heavy atom. The molecule has 1 unspecified atom stereocenters. The van der Waals surface area contributed by atoms with Crippen LogP contribution in [0.1, 0.15) is 31.2 Å². The summed E-state index contributed by atoms with van der Waals surface area (Å²) < 4.78 is 0. The van der Waals surface area contributed by atoms with E-state index < -0.39 is 11.9 Å². The van der Waals surface area contributed by atoms with Gasteiger partial charge in [-0.15, -0.1) is 0 Å². The highest BCUT2D eigenvalue weighted by Crippen LogP contribution is 2.29. The molecule has 0 heterocycles. The summed E-state index contributed by atoms with van der Waals surface area (Å²) in [6.45, 7) is 5.81. The third-order valence-corrected chi connectivity index (χ3v) is 2.92. The van der Waals surface area contributed by atoms with Gasteiger partial charge in [0.2, 0.25) is 0 Å². The number of rotatable bonds is 5. The lowest BCUT2D eigenvalue weighted by Crippen LogP contribution is -2.12. The normalized spacial score (nSPS) is 12.1. The Morgan fingerprint density at radius 3 is 2.62 bits per heavy atom. The molecule has 0 fully saturated rings. The quantitative estimate of drug-likeness (QED) is 0.791. The Hall–Kier alpha value is -1.28. The molecule has 0 spiro atoms. The molecular weight excluding hydrogens is 224 g/mol. The van der Waals surface area contributed by atoms with E-state index in [0.717, 1.165) is 12.0 Å². The van der Waals surface area contributed by atoms with Crippen LogP contribution in [0.4, 0.5) is 0 Å². The lowest BCUT2D eigenvalue weighted by atomic mass is 9.91. The average molecular weight is 239 g/mol. The van der Waals surface area contributed by atoms with Gasteiger partial charge in [-0.3, -0.25) is 4.79 Å². The van der Waals surface area contributed by atoms with Crippen molar-refractivity contribution in [3.8, 4) is 0 Å². The van der Waals surface area contributed by atoms with E-state index in [2.05, 4.69) is 6.58 Å². The number of allylic oxidation sites excluding steroid dienone is 1. The van der Waals surface area contributed by atoms with Crippen molar-refractivity contribution in [3.05, 3.63) is 47.0 Å². The number of halogens is 1. The number of hydrogen-bond donors (Lipinski definition) is 1. The first-order valence-electron chi connectivity index (χ1n) is 5.20. The van der Waals surface area contributed by atoms with Gasteiger partial charge in [0, 0.05) is 5.02 Å². The highest BCUT2D eigenvalue weighted by atomic mass is 35.5. The second-order valence-electron chi connectivity index (χ2n) is 3.72. The molecule has 0 aliphatic rings. The van der Waals surface area contributed by atoms with E-state index >= 15 is 0 Å². The van der Waals surface area contributed by atoms with Gasteiger partial charge >= 0.3 is 5.97 Å². The second-order valence-corrected chi connectivity index (χ2v) is 4.13. The van der Waals surface area contributed by atoms with Gasteiger partial charge in [-0.25, -0.2) is 0 Å². The molecule has 1 aromatic rings. The fourth-order valence-corrected chi connectivity index (χ4v) is 1.79. The van der Waals surface area contributed by atoms with Crippen LogP contribution in [-0.4, -0.2) is 11.1 Å². The van der Waals surface area contributed by atoms with Crippen LogP contribution in [0.3, 0.4) is 0 Å². The lowest BCUT2D eigenvalue weighted by molar-refractivity contribution is -0.138. The van der Waals surface area contributed by atoms with Gasteiger partial charge in [0.1, 0.15) is 0 Å². The fraction of sp³-hybridized carbons (Fsp3) is 0.308. The van der Waals surface area contributed by atoms with Gasteiger partial charge in [-0.2, -0.15) is 0 Å². The molecule has 1 aromatic carbocycles. The molecule has 86 valence electrons. The molecule has 1 rings (SSSR count). The summed E-state index contributed by atoms with van der Waals surface area (Å²) in [5.41, 5.74) is 1.58. The van der Waals surface area contributed by atoms with Crippen LogP contribution in [0.2, 0.25) is 5.02 Å². The van der Waals surface area contributed by atoms with Crippen molar-refractivity contribution < 1.29 is 9.90 Å². The van der Waals surface area contributed by atoms with E-state index in [0.29, 0.717) is 17.0 Å². The molecule has 0 radical (unpaired) electrons. The topological polar surface area (TPSA) is 37.3 Å². The Balaban J connectivity index is 2.99. The molecule has 0 aromatic heterocycles. The van der Waals surface area contributed by atoms with Crippen LogP contribution in [0.5, 0.6) is 0 Å². The number of hydrogen-bond acceptors (Lipinski definition) is 1. The number of carboxylic acids is 1. The van der Waals surface area contributed by atoms with Crippen molar-refractivity contribution in [2.45, 2.75) is 25.7 Å². The maximum atomic E-state index is 11.2. The molecule has 0 saturated heterocycles. The molecule has 16 heavy (non-hydrogen) atoms. The second kappa shape index (κ2) is 5.71. The molecule has 0 aliphatic carbocycles. The summed E-state index contributed by atoms with van der Waals surface area (Å²) in [4.78, 5) is 11.2. The van der Waals surface area contributed by atoms with Crippen LogP contribution in [-0.2, 0) is 4.79 Å². The Kier molecular flexibility index (Phi) is 4.56. The SMILES string of the molecule is C=C(CC)CC(C(=O)O)c1ccccc1Cl. The summed E-state index contributed by atoms with van der Waals surface area (Å²) in [7, 11) is 0. The smallest absolute Gasteiger partial charge is 0.311 e. The maximum Gasteiger partial charge on any atom is 0.311 e. The number of carboxylic acid groups (broad SMARTS) is 1. The Morgan fingerprint density at radius 2 is 2.12 bits per heavy atom. The van der Waals surface area contributed by atoms with Crippen LogP contribution in [0, 0.1) is 0 Å². The van der Waals surface area contributed by atoms with E-state index in [1.165, 1.54) is 0 Å². The number of benzene rings is 1. The predicted octanol–water partition coefficient (Wildman–Crippen LogP) is 3.86. The van der Waals surface area contributed by atoms with E-state index in [1.54, 1.807) is 24.3 Å². The van der Waals surface area contributed by atoms with Gasteiger partial charge in [0.05, 0.1) is 5.92 Å². The lowest BCUT2D eigenvalue weighted by Gasteiger charge is -2.15. The highest BCUT2D eigenvalue weighted by Gasteiger charge is 2.22. The van der Waals surface area contributed by atoms with Crippen molar-refractivity contribution in [2.75, 3.05) is 0 Å². The summed E-state index contributed by atoms with van der Waals surface area (Å²) in [6, 6.07) is 7.05. The zero-order valence-electron chi connectivity index (χ0n) is 9.24. The minimum Gasteiger partial charge on any atom is -0.481 e. The largest absolute Gasteiger partial charge is 0.481 e. The third-order valence-electron chi connectivity index (χ3n) is 2.57. The number of aliphatic carboxylic acids is 1. The molecule has 0 bridgehead atoms. The Bertz CT molecular complexity index is 399. The highest BCUT2D eigenvalue weighted by molar-refractivity contribution is 6.31. The molecule has 0 amide bonds. The first-order valence-corrected chi connectivity index (χ1v) is 5.58. The molecule has 2 nitrogen and oxygen atoms in total. The van der Waals surface area contributed by atoms with E-state index in [1.807, 2.05) is 6.92 Å². The zero-order valence-corrected chi connectivity index (χ0v) is 10.00. The van der Waals surface area contributed by atoms with Gasteiger partial charge in [0.15, 0.2) is 0 Å². The van der Waals surface area contributed by atoms with Gasteiger partial charge in [0.25, 0.3) is 0 Å². The number of carbonyl (C=O) groups is 1.